The number of amides is 1. The molecular formula is C26H23N7OS2. The summed E-state index contributed by atoms with van der Waals surface area (Å²) in [5, 5.41) is 18.0. The smallest absolute Gasteiger partial charge is 0.227 e. The fraction of sp³-hybridized carbons (Fsp3) is 0.231. The molecule has 5 aromatic rings. The van der Waals surface area contributed by atoms with Gasteiger partial charge in [0.05, 0.1) is 5.69 Å². The number of rotatable bonds is 5. The van der Waals surface area contributed by atoms with E-state index in [1.807, 2.05) is 68.4 Å². The Bertz CT molecular complexity index is 1580. The Balaban J connectivity index is 1.30. The highest BCUT2D eigenvalue weighted by molar-refractivity contribution is 7.99. The number of thiophene rings is 1. The van der Waals surface area contributed by atoms with Crippen LogP contribution >= 0.6 is 23.1 Å². The Hall–Kier alpha value is -3.63. The van der Waals surface area contributed by atoms with E-state index in [4.69, 9.17) is 9.97 Å². The number of hydrogen-bond donors (Lipinski definition) is 1. The molecule has 36 heavy (non-hydrogen) atoms. The van der Waals surface area contributed by atoms with Crippen molar-refractivity contribution < 1.29 is 4.79 Å². The molecule has 3 aromatic heterocycles. The molecule has 3 heterocycles. The first kappa shape index (κ1) is 22.8. The standard InChI is InChI=1S/C26H23N7OS2/c1-15-7-6-8-18(13-15)29-23(34)17-11-12-20-21(14-17)35-24-22(20)25(28-16(2)27-24)36-26-30-31-32-33(26)19-9-4-3-5-10-19/h3-10,13,17H,11-12,14H2,1-2H3,(H,29,34). The zero-order valence-corrected chi connectivity index (χ0v) is 21.4. The molecule has 0 bridgehead atoms. The Morgan fingerprint density at radius 1 is 1.11 bits per heavy atom. The minimum Gasteiger partial charge on any atom is -0.326 e. The highest BCUT2D eigenvalue weighted by Gasteiger charge is 2.30. The van der Waals surface area contributed by atoms with Crippen molar-refractivity contribution in [3.8, 4) is 5.69 Å². The number of anilines is 1. The number of nitrogens with zero attached hydrogens (tertiary/aromatic N) is 6. The van der Waals surface area contributed by atoms with Crippen molar-refractivity contribution >= 4 is 44.9 Å². The van der Waals surface area contributed by atoms with Gasteiger partial charge in [-0.25, -0.2) is 9.97 Å². The van der Waals surface area contributed by atoms with Gasteiger partial charge < -0.3 is 5.32 Å². The summed E-state index contributed by atoms with van der Waals surface area (Å²) in [4.78, 5) is 24.7. The number of carbonyl (C=O) groups excluding carboxylic acids is 1. The van der Waals surface area contributed by atoms with Gasteiger partial charge in [0.2, 0.25) is 11.1 Å². The Morgan fingerprint density at radius 3 is 2.81 bits per heavy atom. The molecule has 0 aliphatic heterocycles. The molecule has 6 rings (SSSR count). The summed E-state index contributed by atoms with van der Waals surface area (Å²) in [6.07, 6.45) is 2.31. The van der Waals surface area contributed by atoms with E-state index in [1.165, 1.54) is 22.2 Å². The molecule has 1 amide bonds. The summed E-state index contributed by atoms with van der Waals surface area (Å²) < 4.78 is 1.72. The molecule has 0 spiro atoms. The van der Waals surface area contributed by atoms with Gasteiger partial charge in [-0.1, -0.05) is 30.3 Å². The van der Waals surface area contributed by atoms with Gasteiger partial charge in [0.15, 0.2) is 0 Å². The molecule has 1 atom stereocenters. The fourth-order valence-corrected chi connectivity index (χ4v) is 6.96. The van der Waals surface area contributed by atoms with Crippen LogP contribution in [-0.4, -0.2) is 36.1 Å². The van der Waals surface area contributed by atoms with Crippen molar-refractivity contribution in [3.63, 3.8) is 0 Å². The third-order valence-electron chi connectivity index (χ3n) is 6.27. The van der Waals surface area contributed by atoms with Crippen LogP contribution in [0.25, 0.3) is 15.9 Å². The number of hydrogen-bond acceptors (Lipinski definition) is 8. The monoisotopic (exact) mass is 513 g/mol. The molecule has 1 aliphatic rings. The largest absolute Gasteiger partial charge is 0.326 e. The number of para-hydroxylation sites is 1. The predicted molar refractivity (Wildman–Crippen MR) is 141 cm³/mol. The van der Waals surface area contributed by atoms with Gasteiger partial charge in [0.1, 0.15) is 15.7 Å². The van der Waals surface area contributed by atoms with E-state index in [1.54, 1.807) is 16.0 Å². The first-order valence-corrected chi connectivity index (χ1v) is 13.4. The van der Waals surface area contributed by atoms with Gasteiger partial charge in [-0.3, -0.25) is 4.79 Å². The normalized spacial score (nSPS) is 15.1. The summed E-state index contributed by atoms with van der Waals surface area (Å²) in [7, 11) is 0. The van der Waals surface area contributed by atoms with Crippen LogP contribution in [0, 0.1) is 19.8 Å². The van der Waals surface area contributed by atoms with Crippen molar-refractivity contribution in [3.05, 3.63) is 76.4 Å². The van der Waals surface area contributed by atoms with Crippen LogP contribution in [0.15, 0.2) is 64.8 Å². The Morgan fingerprint density at radius 2 is 1.97 bits per heavy atom. The van der Waals surface area contributed by atoms with Gasteiger partial charge in [-0.2, -0.15) is 4.68 Å². The third-order valence-corrected chi connectivity index (χ3v) is 8.35. The average Bonchev–Trinajstić information content (AvgIpc) is 3.48. The molecule has 8 nitrogen and oxygen atoms in total. The molecule has 0 saturated carbocycles. The second-order valence-corrected chi connectivity index (χ2v) is 10.9. The van der Waals surface area contributed by atoms with Gasteiger partial charge in [0.25, 0.3) is 0 Å². The first-order chi connectivity index (χ1) is 17.5. The lowest BCUT2D eigenvalue weighted by molar-refractivity contribution is -0.120. The van der Waals surface area contributed by atoms with Gasteiger partial charge in [-0.15, -0.1) is 16.4 Å². The van der Waals surface area contributed by atoms with Gasteiger partial charge in [0, 0.05) is 21.9 Å². The maximum atomic E-state index is 13.0. The van der Waals surface area contributed by atoms with Crippen molar-refractivity contribution in [2.75, 3.05) is 5.32 Å². The SMILES string of the molecule is Cc1cccc(NC(=O)C2CCc3c(sc4nc(C)nc(Sc5nnnn5-c5ccccc5)c34)C2)c1. The van der Waals surface area contributed by atoms with Crippen LogP contribution in [-0.2, 0) is 17.6 Å². The van der Waals surface area contributed by atoms with Crippen LogP contribution < -0.4 is 5.32 Å². The molecule has 2 aromatic carbocycles. The summed E-state index contributed by atoms with van der Waals surface area (Å²) in [6, 6.07) is 17.7. The average molecular weight is 514 g/mol. The molecule has 10 heteroatoms. The molecular weight excluding hydrogens is 490 g/mol. The summed E-state index contributed by atoms with van der Waals surface area (Å²) >= 11 is 3.12. The van der Waals surface area contributed by atoms with Crippen LogP contribution in [0.2, 0.25) is 0 Å². The highest BCUT2D eigenvalue weighted by atomic mass is 32.2. The molecule has 1 N–H and O–H groups in total. The summed E-state index contributed by atoms with van der Waals surface area (Å²) in [5.41, 5.74) is 4.11. The fourth-order valence-electron chi connectivity index (χ4n) is 4.57. The van der Waals surface area contributed by atoms with Gasteiger partial charge in [-0.05, 0) is 90.7 Å². The van der Waals surface area contributed by atoms with Crippen LogP contribution in [0.1, 0.15) is 28.2 Å². The Kier molecular flexibility index (Phi) is 5.98. The molecule has 0 saturated heterocycles. The van der Waals surface area contributed by atoms with E-state index in [0.29, 0.717) is 17.4 Å². The van der Waals surface area contributed by atoms with Crippen molar-refractivity contribution in [2.45, 2.75) is 43.3 Å². The number of carbonyl (C=O) groups is 1. The van der Waals surface area contributed by atoms with E-state index in [-0.39, 0.29) is 11.8 Å². The molecule has 1 unspecified atom stereocenters. The minimum atomic E-state index is -0.0680. The van der Waals surface area contributed by atoms with Crippen molar-refractivity contribution in [1.82, 2.24) is 30.2 Å². The summed E-state index contributed by atoms with van der Waals surface area (Å²) in [5.74, 6) is 0.709. The second kappa shape index (κ2) is 9.44. The maximum Gasteiger partial charge on any atom is 0.227 e. The number of aromatic nitrogens is 6. The van der Waals surface area contributed by atoms with E-state index in [2.05, 4.69) is 20.8 Å². The topological polar surface area (TPSA) is 98.5 Å². The molecule has 0 radical (unpaired) electrons. The first-order valence-electron chi connectivity index (χ1n) is 11.7. The predicted octanol–water partition coefficient (Wildman–Crippen LogP) is 5.18. The van der Waals surface area contributed by atoms with Crippen molar-refractivity contribution in [1.29, 1.82) is 0 Å². The van der Waals surface area contributed by atoms with E-state index in [0.717, 1.165) is 45.0 Å². The zero-order chi connectivity index (χ0) is 24.6. The lowest BCUT2D eigenvalue weighted by atomic mass is 9.87. The highest BCUT2D eigenvalue weighted by Crippen LogP contribution is 2.42. The van der Waals surface area contributed by atoms with Crippen LogP contribution in [0.5, 0.6) is 0 Å². The Labute approximate surface area is 216 Å². The molecule has 1 aliphatic carbocycles. The second-order valence-electron chi connectivity index (χ2n) is 8.87. The number of nitrogens with one attached hydrogen (secondary N) is 1. The number of benzene rings is 2. The van der Waals surface area contributed by atoms with E-state index >= 15 is 0 Å². The van der Waals surface area contributed by atoms with E-state index in [9.17, 15) is 4.79 Å². The third kappa shape index (κ3) is 4.38. The van der Waals surface area contributed by atoms with Crippen molar-refractivity contribution in [2.24, 2.45) is 5.92 Å². The number of fused-ring (bicyclic) bond motifs is 3. The van der Waals surface area contributed by atoms with Gasteiger partial charge >= 0.3 is 0 Å². The maximum absolute atomic E-state index is 13.0. The molecule has 0 fully saturated rings. The lowest BCUT2D eigenvalue weighted by Crippen LogP contribution is -2.27. The minimum absolute atomic E-state index is 0.0680. The zero-order valence-electron chi connectivity index (χ0n) is 19.8. The van der Waals surface area contributed by atoms with Crippen LogP contribution in [0.3, 0.4) is 0 Å². The summed E-state index contributed by atoms with van der Waals surface area (Å²) in [6.45, 7) is 3.93. The molecule has 180 valence electrons. The quantitative estimate of drug-likeness (QED) is 0.323. The van der Waals surface area contributed by atoms with E-state index < -0.39 is 0 Å². The van der Waals surface area contributed by atoms with Crippen LogP contribution in [0.4, 0.5) is 5.69 Å². The number of aryl methyl sites for hydroxylation is 3. The number of tetrazole rings is 1. The lowest BCUT2D eigenvalue weighted by Gasteiger charge is -2.22.